The number of benzene rings is 2. The van der Waals surface area contributed by atoms with Crippen molar-refractivity contribution in [3.05, 3.63) is 53.8 Å². The van der Waals surface area contributed by atoms with Gasteiger partial charge in [0.2, 0.25) is 0 Å². The van der Waals surface area contributed by atoms with E-state index in [4.69, 9.17) is 10.5 Å². The van der Waals surface area contributed by atoms with Crippen molar-refractivity contribution < 1.29 is 13.9 Å². The van der Waals surface area contributed by atoms with E-state index < -0.39 is 5.82 Å². The highest BCUT2D eigenvalue weighted by molar-refractivity contribution is 5.99. The molecule has 0 saturated heterocycles. The quantitative estimate of drug-likeness (QED) is 0.666. The van der Waals surface area contributed by atoms with E-state index in [-0.39, 0.29) is 11.5 Å². The molecule has 2 rings (SSSR count). The molecule has 0 aliphatic carbocycles. The van der Waals surface area contributed by atoms with Crippen LogP contribution in [-0.2, 0) is 0 Å². The van der Waals surface area contributed by atoms with Gasteiger partial charge in [0.05, 0.1) is 0 Å². The van der Waals surface area contributed by atoms with Crippen LogP contribution < -0.4 is 10.5 Å². The second kappa shape index (κ2) is 4.87. The number of hydrogen-bond acceptors (Lipinski definition) is 3. The summed E-state index contributed by atoms with van der Waals surface area (Å²) in [6.07, 6.45) is 0. The molecule has 4 heteroatoms. The molecule has 18 heavy (non-hydrogen) atoms. The number of carbonyl (C=O) groups excluding carboxylic acids is 1. The number of Topliss-reactive ketones (excluding diaryl/α,β-unsaturated/α-hetero) is 1. The standard InChI is InChI=1S/C14H12FNO2/c1-9(17)11-7-6-10(8-13(11)16)18-14-5-3-2-4-12(14)15/h2-8H,16H2,1H3. The van der Waals surface area contributed by atoms with Crippen molar-refractivity contribution in [2.24, 2.45) is 0 Å². The fourth-order valence-electron chi connectivity index (χ4n) is 1.58. The van der Waals surface area contributed by atoms with Crippen molar-refractivity contribution in [3.8, 4) is 11.5 Å². The van der Waals surface area contributed by atoms with Gasteiger partial charge in [0.15, 0.2) is 17.3 Å². The minimum absolute atomic E-state index is 0.118. The zero-order chi connectivity index (χ0) is 13.1. The van der Waals surface area contributed by atoms with Crippen LogP contribution in [0, 0.1) is 5.82 Å². The van der Waals surface area contributed by atoms with Crippen molar-refractivity contribution in [2.45, 2.75) is 6.92 Å². The molecule has 0 radical (unpaired) electrons. The van der Waals surface area contributed by atoms with Crippen LogP contribution in [0.3, 0.4) is 0 Å². The van der Waals surface area contributed by atoms with Gasteiger partial charge in [-0.2, -0.15) is 0 Å². The number of anilines is 1. The molecule has 2 N–H and O–H groups in total. The molecule has 0 heterocycles. The zero-order valence-corrected chi connectivity index (χ0v) is 9.81. The van der Waals surface area contributed by atoms with Gasteiger partial charge in [-0.25, -0.2) is 4.39 Å². The number of nitrogens with two attached hydrogens (primary N) is 1. The lowest BCUT2D eigenvalue weighted by Crippen LogP contribution is -1.99. The van der Waals surface area contributed by atoms with E-state index in [0.29, 0.717) is 17.0 Å². The van der Waals surface area contributed by atoms with Gasteiger partial charge in [-0.15, -0.1) is 0 Å². The highest BCUT2D eigenvalue weighted by Gasteiger charge is 2.08. The minimum Gasteiger partial charge on any atom is -0.454 e. The summed E-state index contributed by atoms with van der Waals surface area (Å²) in [5.74, 6) is -0.0632. The van der Waals surface area contributed by atoms with Gasteiger partial charge in [0.1, 0.15) is 5.75 Å². The summed E-state index contributed by atoms with van der Waals surface area (Å²) < 4.78 is 18.7. The maximum Gasteiger partial charge on any atom is 0.165 e. The molecule has 92 valence electrons. The van der Waals surface area contributed by atoms with Crippen LogP contribution >= 0.6 is 0 Å². The van der Waals surface area contributed by atoms with Crippen LogP contribution in [0.15, 0.2) is 42.5 Å². The molecule has 2 aromatic rings. The molecular formula is C14H12FNO2. The topological polar surface area (TPSA) is 52.3 Å². The molecule has 0 spiro atoms. The third-order valence-electron chi connectivity index (χ3n) is 2.47. The highest BCUT2D eigenvalue weighted by Crippen LogP contribution is 2.27. The van der Waals surface area contributed by atoms with Crippen molar-refractivity contribution in [2.75, 3.05) is 5.73 Å². The van der Waals surface area contributed by atoms with Crippen LogP contribution in [0.4, 0.5) is 10.1 Å². The van der Waals surface area contributed by atoms with Crippen LogP contribution in [0.1, 0.15) is 17.3 Å². The van der Waals surface area contributed by atoms with Gasteiger partial charge < -0.3 is 10.5 Å². The van der Waals surface area contributed by atoms with Crippen molar-refractivity contribution in [1.29, 1.82) is 0 Å². The molecule has 3 nitrogen and oxygen atoms in total. The summed E-state index contributed by atoms with van der Waals surface area (Å²) in [4.78, 5) is 11.2. The lowest BCUT2D eigenvalue weighted by Gasteiger charge is -2.08. The van der Waals surface area contributed by atoms with Gasteiger partial charge in [0, 0.05) is 17.3 Å². The molecule has 0 atom stereocenters. The van der Waals surface area contributed by atoms with Crippen molar-refractivity contribution in [1.82, 2.24) is 0 Å². The average molecular weight is 245 g/mol. The smallest absolute Gasteiger partial charge is 0.165 e. The summed E-state index contributed by atoms with van der Waals surface area (Å²) >= 11 is 0. The highest BCUT2D eigenvalue weighted by atomic mass is 19.1. The van der Waals surface area contributed by atoms with Gasteiger partial charge in [0.25, 0.3) is 0 Å². The number of rotatable bonds is 3. The molecule has 0 saturated carbocycles. The third-order valence-corrected chi connectivity index (χ3v) is 2.47. The summed E-state index contributed by atoms with van der Waals surface area (Å²) in [5.41, 5.74) is 6.46. The lowest BCUT2D eigenvalue weighted by molar-refractivity contribution is 0.101. The number of ketones is 1. The van der Waals surface area contributed by atoms with Gasteiger partial charge in [-0.05, 0) is 31.2 Å². The largest absolute Gasteiger partial charge is 0.454 e. The average Bonchev–Trinajstić information content (AvgIpc) is 2.32. The van der Waals surface area contributed by atoms with Crippen LogP contribution in [0.25, 0.3) is 0 Å². The maximum absolute atomic E-state index is 13.4. The number of hydrogen-bond donors (Lipinski definition) is 1. The molecule has 0 aliphatic rings. The SMILES string of the molecule is CC(=O)c1ccc(Oc2ccccc2F)cc1N. The van der Waals surface area contributed by atoms with Gasteiger partial charge in [-0.3, -0.25) is 4.79 Å². The molecular weight excluding hydrogens is 233 g/mol. The van der Waals surface area contributed by atoms with E-state index in [1.807, 2.05) is 0 Å². The Hall–Kier alpha value is -2.36. The summed E-state index contributed by atoms with van der Waals surface area (Å²) in [6.45, 7) is 1.43. The number of ether oxygens (including phenoxy) is 1. The Labute approximate surface area is 104 Å². The first-order valence-electron chi connectivity index (χ1n) is 5.41. The monoisotopic (exact) mass is 245 g/mol. The first-order valence-corrected chi connectivity index (χ1v) is 5.41. The normalized spacial score (nSPS) is 10.1. The Kier molecular flexibility index (Phi) is 3.28. The third kappa shape index (κ3) is 2.48. The van der Waals surface area contributed by atoms with Crippen molar-refractivity contribution in [3.63, 3.8) is 0 Å². The van der Waals surface area contributed by atoms with Gasteiger partial charge in [-0.1, -0.05) is 12.1 Å². The molecule has 0 fully saturated rings. The van der Waals surface area contributed by atoms with Crippen LogP contribution in [-0.4, -0.2) is 5.78 Å². The number of halogens is 1. The fourth-order valence-corrected chi connectivity index (χ4v) is 1.58. The Morgan fingerprint density at radius 2 is 1.94 bits per heavy atom. The molecule has 2 aromatic carbocycles. The fraction of sp³-hybridized carbons (Fsp3) is 0.0714. The Morgan fingerprint density at radius 3 is 2.56 bits per heavy atom. The number of carbonyl (C=O) groups is 1. The van der Waals surface area contributed by atoms with Crippen LogP contribution in [0.2, 0.25) is 0 Å². The minimum atomic E-state index is -0.452. The lowest BCUT2D eigenvalue weighted by atomic mass is 10.1. The molecule has 0 aliphatic heterocycles. The second-order valence-electron chi connectivity index (χ2n) is 3.84. The summed E-state index contributed by atoms with van der Waals surface area (Å²) in [7, 11) is 0. The van der Waals surface area contributed by atoms with E-state index in [2.05, 4.69) is 0 Å². The van der Waals surface area contributed by atoms with Crippen LogP contribution in [0.5, 0.6) is 11.5 Å². The predicted molar refractivity (Wildman–Crippen MR) is 67.3 cm³/mol. The number of nitrogen functional groups attached to an aromatic ring is 1. The predicted octanol–water partition coefficient (Wildman–Crippen LogP) is 3.40. The zero-order valence-electron chi connectivity index (χ0n) is 9.81. The molecule has 0 unspecified atom stereocenters. The van der Waals surface area contributed by atoms with E-state index in [0.717, 1.165) is 0 Å². The first-order chi connectivity index (χ1) is 8.58. The van der Waals surface area contributed by atoms with Crippen molar-refractivity contribution >= 4 is 11.5 Å². The summed E-state index contributed by atoms with van der Waals surface area (Å²) in [5, 5.41) is 0. The molecule has 0 bridgehead atoms. The Bertz CT molecular complexity index is 596. The maximum atomic E-state index is 13.4. The summed E-state index contributed by atoms with van der Waals surface area (Å²) in [6, 6.07) is 10.7. The Balaban J connectivity index is 2.29. The van der Waals surface area contributed by atoms with E-state index in [9.17, 15) is 9.18 Å². The number of para-hydroxylation sites is 1. The molecule has 0 amide bonds. The first kappa shape index (κ1) is 12.1. The van der Waals surface area contributed by atoms with E-state index >= 15 is 0 Å². The van der Waals surface area contributed by atoms with E-state index in [1.54, 1.807) is 24.3 Å². The Morgan fingerprint density at radius 1 is 1.22 bits per heavy atom. The van der Waals surface area contributed by atoms with E-state index in [1.165, 1.54) is 25.1 Å². The molecule has 0 aromatic heterocycles. The second-order valence-corrected chi connectivity index (χ2v) is 3.84. The van der Waals surface area contributed by atoms with Gasteiger partial charge >= 0.3 is 0 Å².